The number of aromatic nitrogens is 1. The number of halogens is 3. The molecule has 16 heavy (non-hydrogen) atoms. The molecule has 0 saturated carbocycles. The number of benzene rings is 1. The van der Waals surface area contributed by atoms with Gasteiger partial charge in [0.2, 0.25) is 0 Å². The van der Waals surface area contributed by atoms with E-state index >= 15 is 0 Å². The third-order valence-corrected chi connectivity index (χ3v) is 2.40. The fourth-order valence-corrected chi connectivity index (χ4v) is 1.67. The first-order valence-electron chi connectivity index (χ1n) is 4.58. The fourth-order valence-electron chi connectivity index (χ4n) is 1.67. The van der Waals surface area contributed by atoms with E-state index in [4.69, 9.17) is 0 Å². The lowest BCUT2D eigenvalue weighted by Gasteiger charge is -2.03. The molecule has 0 amide bonds. The highest BCUT2D eigenvalue weighted by molar-refractivity contribution is 5.99. The van der Waals surface area contributed by atoms with Crippen LogP contribution in [0.3, 0.4) is 0 Å². The number of nitrogens with one attached hydrogen (secondary N) is 1. The highest BCUT2D eigenvalue weighted by Gasteiger charge is 2.36. The van der Waals surface area contributed by atoms with Gasteiger partial charge in [-0.15, -0.1) is 0 Å². The van der Waals surface area contributed by atoms with Crippen molar-refractivity contribution in [2.75, 3.05) is 0 Å². The van der Waals surface area contributed by atoms with Crippen molar-refractivity contribution in [3.05, 3.63) is 35.0 Å². The predicted octanol–water partition coefficient (Wildman–Crippen LogP) is 3.31. The molecule has 1 heterocycles. The smallest absolute Gasteiger partial charge is 0.350 e. The van der Waals surface area contributed by atoms with Crippen molar-refractivity contribution in [2.45, 2.75) is 13.1 Å². The molecule has 0 aliphatic heterocycles. The molecular formula is C11H8F3NO. The lowest BCUT2D eigenvalue weighted by atomic mass is 10.1. The Balaban J connectivity index is 2.82. The zero-order valence-corrected chi connectivity index (χ0v) is 8.35. The van der Waals surface area contributed by atoms with Crippen LogP contribution >= 0.6 is 0 Å². The van der Waals surface area contributed by atoms with Crippen LogP contribution in [-0.4, -0.2) is 11.3 Å². The molecule has 84 valence electrons. The molecule has 0 saturated heterocycles. The van der Waals surface area contributed by atoms with Crippen LogP contribution in [0.1, 0.15) is 21.6 Å². The number of carbonyl (C=O) groups excluding carboxylic acids is 1. The van der Waals surface area contributed by atoms with Gasteiger partial charge in [-0.25, -0.2) is 0 Å². The summed E-state index contributed by atoms with van der Waals surface area (Å²) in [7, 11) is 0. The van der Waals surface area contributed by atoms with Crippen LogP contribution in [0.4, 0.5) is 13.2 Å². The normalized spacial score (nSPS) is 12.0. The van der Waals surface area contributed by atoms with Crippen LogP contribution in [0.25, 0.3) is 10.9 Å². The van der Waals surface area contributed by atoms with Crippen molar-refractivity contribution in [3.63, 3.8) is 0 Å². The van der Waals surface area contributed by atoms with E-state index in [1.54, 1.807) is 19.1 Å². The van der Waals surface area contributed by atoms with E-state index in [0.717, 1.165) is 5.56 Å². The summed E-state index contributed by atoms with van der Waals surface area (Å²) in [4.78, 5) is 13.0. The molecule has 0 radical (unpaired) electrons. The standard InChI is InChI=1S/C11H8F3NO/c1-6-2-3-9-7(4-6)8(5-16)10(15-9)11(12,13)14/h2-5,15H,1H3. The van der Waals surface area contributed by atoms with Gasteiger partial charge in [0.1, 0.15) is 5.69 Å². The Morgan fingerprint density at radius 1 is 1.31 bits per heavy atom. The van der Waals surface area contributed by atoms with Crippen molar-refractivity contribution >= 4 is 17.2 Å². The zero-order chi connectivity index (χ0) is 11.9. The van der Waals surface area contributed by atoms with Crippen molar-refractivity contribution in [3.8, 4) is 0 Å². The van der Waals surface area contributed by atoms with Crippen molar-refractivity contribution < 1.29 is 18.0 Å². The second-order valence-corrected chi connectivity index (χ2v) is 3.58. The van der Waals surface area contributed by atoms with Gasteiger partial charge in [-0.3, -0.25) is 4.79 Å². The van der Waals surface area contributed by atoms with Crippen molar-refractivity contribution in [1.82, 2.24) is 4.98 Å². The average Bonchev–Trinajstić information content (AvgIpc) is 2.54. The molecule has 0 unspecified atom stereocenters. The summed E-state index contributed by atoms with van der Waals surface area (Å²) in [5.74, 6) is 0. The number of hydrogen-bond donors (Lipinski definition) is 1. The maximum absolute atomic E-state index is 12.6. The number of aryl methyl sites for hydroxylation is 1. The van der Waals surface area contributed by atoms with Gasteiger partial charge in [-0.2, -0.15) is 13.2 Å². The summed E-state index contributed by atoms with van der Waals surface area (Å²) < 4.78 is 37.8. The zero-order valence-electron chi connectivity index (χ0n) is 8.35. The lowest BCUT2D eigenvalue weighted by Crippen LogP contribution is -2.08. The SMILES string of the molecule is Cc1ccc2[nH]c(C(F)(F)F)c(C=O)c2c1. The van der Waals surface area contributed by atoms with E-state index in [-0.39, 0.29) is 11.8 Å². The molecule has 1 N–H and O–H groups in total. The number of hydrogen-bond acceptors (Lipinski definition) is 1. The average molecular weight is 227 g/mol. The van der Waals surface area contributed by atoms with Gasteiger partial charge in [0, 0.05) is 10.9 Å². The molecule has 2 aromatic rings. The molecule has 0 spiro atoms. The summed E-state index contributed by atoms with van der Waals surface area (Å²) in [5, 5.41) is 0.308. The molecule has 2 nitrogen and oxygen atoms in total. The van der Waals surface area contributed by atoms with Gasteiger partial charge in [-0.05, 0) is 19.1 Å². The number of carbonyl (C=O) groups is 1. The molecule has 2 rings (SSSR count). The Morgan fingerprint density at radius 3 is 2.56 bits per heavy atom. The number of aldehydes is 1. The van der Waals surface area contributed by atoms with Crippen LogP contribution in [0.5, 0.6) is 0 Å². The van der Waals surface area contributed by atoms with Crippen LogP contribution in [0, 0.1) is 6.92 Å². The molecule has 1 aromatic carbocycles. The highest BCUT2D eigenvalue weighted by atomic mass is 19.4. The van der Waals surface area contributed by atoms with E-state index in [1.165, 1.54) is 6.07 Å². The monoisotopic (exact) mass is 227 g/mol. The number of rotatable bonds is 1. The maximum Gasteiger partial charge on any atom is 0.431 e. The Hall–Kier alpha value is -1.78. The maximum atomic E-state index is 12.6. The third kappa shape index (κ3) is 1.58. The minimum atomic E-state index is -4.54. The van der Waals surface area contributed by atoms with Gasteiger partial charge < -0.3 is 4.98 Å². The summed E-state index contributed by atoms with van der Waals surface area (Å²) in [6, 6.07) is 4.78. The molecule has 0 bridgehead atoms. The Morgan fingerprint density at radius 2 is 2.00 bits per heavy atom. The topological polar surface area (TPSA) is 32.9 Å². The van der Waals surface area contributed by atoms with E-state index < -0.39 is 11.9 Å². The minimum absolute atomic E-state index is 0.237. The summed E-state index contributed by atoms with van der Waals surface area (Å²) in [5.41, 5.74) is -0.183. The van der Waals surface area contributed by atoms with E-state index in [9.17, 15) is 18.0 Å². The lowest BCUT2D eigenvalue weighted by molar-refractivity contribution is -0.140. The Labute approximate surface area is 89.1 Å². The number of alkyl halides is 3. The molecule has 0 aliphatic rings. The van der Waals surface area contributed by atoms with Gasteiger partial charge in [0.15, 0.2) is 6.29 Å². The van der Waals surface area contributed by atoms with Crippen LogP contribution in [0.2, 0.25) is 0 Å². The summed E-state index contributed by atoms with van der Waals surface area (Å²) in [6.45, 7) is 1.76. The van der Waals surface area contributed by atoms with E-state index in [1.807, 2.05) is 0 Å². The first-order chi connectivity index (χ1) is 7.43. The minimum Gasteiger partial charge on any atom is -0.350 e. The van der Waals surface area contributed by atoms with Crippen LogP contribution < -0.4 is 0 Å². The molecule has 0 fully saturated rings. The molecule has 5 heteroatoms. The van der Waals surface area contributed by atoms with Crippen molar-refractivity contribution in [1.29, 1.82) is 0 Å². The van der Waals surface area contributed by atoms with E-state index in [0.29, 0.717) is 10.9 Å². The number of fused-ring (bicyclic) bond motifs is 1. The molecule has 0 aliphatic carbocycles. The van der Waals surface area contributed by atoms with Crippen molar-refractivity contribution in [2.24, 2.45) is 0 Å². The van der Waals surface area contributed by atoms with Crippen LogP contribution in [0.15, 0.2) is 18.2 Å². The van der Waals surface area contributed by atoms with E-state index in [2.05, 4.69) is 4.98 Å². The van der Waals surface area contributed by atoms with Gasteiger partial charge >= 0.3 is 6.18 Å². The fraction of sp³-hybridized carbons (Fsp3) is 0.182. The number of aromatic amines is 1. The van der Waals surface area contributed by atoms with Gasteiger partial charge in [-0.1, -0.05) is 11.6 Å². The van der Waals surface area contributed by atoms with Gasteiger partial charge in [0.25, 0.3) is 0 Å². The largest absolute Gasteiger partial charge is 0.431 e. The highest BCUT2D eigenvalue weighted by Crippen LogP contribution is 2.34. The Bertz CT molecular complexity index is 554. The summed E-state index contributed by atoms with van der Waals surface area (Å²) in [6.07, 6.45) is -4.30. The summed E-state index contributed by atoms with van der Waals surface area (Å²) >= 11 is 0. The second kappa shape index (κ2) is 3.37. The van der Waals surface area contributed by atoms with Crippen LogP contribution in [-0.2, 0) is 6.18 Å². The predicted molar refractivity (Wildman–Crippen MR) is 53.4 cm³/mol. The first-order valence-corrected chi connectivity index (χ1v) is 4.58. The third-order valence-electron chi connectivity index (χ3n) is 2.40. The Kier molecular flexibility index (Phi) is 2.26. The number of H-pyrrole nitrogens is 1. The molecule has 1 aromatic heterocycles. The molecular weight excluding hydrogens is 219 g/mol. The van der Waals surface area contributed by atoms with Gasteiger partial charge in [0.05, 0.1) is 5.56 Å². The quantitative estimate of drug-likeness (QED) is 0.745. The first kappa shape index (κ1) is 10.7. The second-order valence-electron chi connectivity index (χ2n) is 3.58. The molecule has 0 atom stereocenters.